The zero-order valence-corrected chi connectivity index (χ0v) is 21.0. The van der Waals surface area contributed by atoms with Crippen LogP contribution in [0.1, 0.15) is 37.3 Å². The van der Waals surface area contributed by atoms with Crippen molar-refractivity contribution >= 4 is 21.7 Å². The smallest absolute Gasteiger partial charge is 0.296 e. The Morgan fingerprint density at radius 2 is 1.88 bits per heavy atom. The summed E-state index contributed by atoms with van der Waals surface area (Å²) < 4.78 is 33.1. The van der Waals surface area contributed by atoms with Gasteiger partial charge in [-0.2, -0.15) is 13.5 Å². The van der Waals surface area contributed by atoms with E-state index in [1.807, 2.05) is 38.1 Å². The molecule has 0 spiro atoms. The number of nitrogens with zero attached hydrogens (tertiary/aromatic N) is 3. The minimum absolute atomic E-state index is 0.109. The fourth-order valence-electron chi connectivity index (χ4n) is 5.12. The van der Waals surface area contributed by atoms with E-state index in [9.17, 15) is 13.5 Å². The number of aliphatic hydroxyl groups is 1. The topological polar surface area (TPSA) is 94.3 Å². The number of hydrogen-bond acceptors (Lipinski definition) is 6. The monoisotopic (exact) mass is 503 g/mol. The predicted octanol–water partition coefficient (Wildman–Crippen LogP) is 4.43. The molecule has 0 radical (unpaired) electrons. The maximum absolute atomic E-state index is 12.9. The SMILES string of the molecule is CCC1(COS(=O)(=O)c2ccc(C)cc2)CCC(Cc2ccc(Cl)cc2)C1(O)Cn1cncn1. The predicted molar refractivity (Wildman–Crippen MR) is 130 cm³/mol. The fraction of sp³-hybridized carbons (Fsp3) is 0.440. The van der Waals surface area contributed by atoms with Crippen LogP contribution in [0.4, 0.5) is 0 Å². The summed E-state index contributed by atoms with van der Waals surface area (Å²) in [6.45, 7) is 3.96. The van der Waals surface area contributed by atoms with Crippen molar-refractivity contribution < 1.29 is 17.7 Å². The van der Waals surface area contributed by atoms with E-state index in [2.05, 4.69) is 10.1 Å². The number of aromatic nitrogens is 3. The van der Waals surface area contributed by atoms with Gasteiger partial charge in [-0.1, -0.05) is 48.4 Å². The summed E-state index contributed by atoms with van der Waals surface area (Å²) in [6, 6.07) is 14.2. The molecule has 0 amide bonds. The molecule has 0 aliphatic heterocycles. The lowest BCUT2D eigenvalue weighted by Gasteiger charge is -2.44. The zero-order chi connectivity index (χ0) is 24.4. The summed E-state index contributed by atoms with van der Waals surface area (Å²) >= 11 is 6.05. The summed E-state index contributed by atoms with van der Waals surface area (Å²) in [6.07, 6.45) is 5.55. The first-order valence-corrected chi connectivity index (χ1v) is 13.2. The Morgan fingerprint density at radius 3 is 2.50 bits per heavy atom. The summed E-state index contributed by atoms with van der Waals surface area (Å²) in [7, 11) is -3.97. The zero-order valence-electron chi connectivity index (χ0n) is 19.4. The molecule has 0 saturated heterocycles. The van der Waals surface area contributed by atoms with Gasteiger partial charge in [0.05, 0.1) is 23.6 Å². The standard InChI is InChI=1S/C25H30ClN3O4S/c1-3-24(16-33-34(31,32)23-10-4-19(2)5-11-23)13-12-21(14-20-6-8-22(26)9-7-20)25(24,30)15-29-18-27-17-28-29/h4-11,17-18,21,30H,3,12-16H2,1-2H3. The Balaban J connectivity index is 1.63. The average molecular weight is 504 g/mol. The van der Waals surface area contributed by atoms with Crippen molar-refractivity contribution in [3.05, 3.63) is 77.3 Å². The van der Waals surface area contributed by atoms with E-state index in [4.69, 9.17) is 15.8 Å². The molecular formula is C25H30ClN3O4S. The minimum atomic E-state index is -3.97. The molecule has 1 aliphatic carbocycles. The van der Waals surface area contributed by atoms with E-state index in [0.29, 0.717) is 24.3 Å². The molecule has 1 fully saturated rings. The van der Waals surface area contributed by atoms with Gasteiger partial charge in [-0.3, -0.25) is 8.86 Å². The Morgan fingerprint density at radius 1 is 1.18 bits per heavy atom. The quantitative estimate of drug-likeness (QED) is 0.434. The number of hydrogen-bond donors (Lipinski definition) is 1. The number of halogens is 1. The summed E-state index contributed by atoms with van der Waals surface area (Å²) in [5.74, 6) is -0.122. The molecule has 0 bridgehead atoms. The second-order valence-corrected chi connectivity index (χ2v) is 11.3. The van der Waals surface area contributed by atoms with Gasteiger partial charge in [0.25, 0.3) is 10.1 Å². The highest BCUT2D eigenvalue weighted by Crippen LogP contribution is 2.54. The Labute approximate surface area is 205 Å². The van der Waals surface area contributed by atoms with Crippen LogP contribution in [0.3, 0.4) is 0 Å². The number of rotatable bonds is 9. The van der Waals surface area contributed by atoms with Crippen LogP contribution in [0.2, 0.25) is 5.02 Å². The molecule has 9 heteroatoms. The molecule has 1 saturated carbocycles. The third-order valence-electron chi connectivity index (χ3n) is 7.31. The first kappa shape index (κ1) is 24.9. The van der Waals surface area contributed by atoms with Gasteiger partial charge in [-0.25, -0.2) is 4.98 Å². The second-order valence-electron chi connectivity index (χ2n) is 9.25. The van der Waals surface area contributed by atoms with Gasteiger partial charge >= 0.3 is 0 Å². The van der Waals surface area contributed by atoms with Crippen LogP contribution in [0, 0.1) is 18.3 Å². The van der Waals surface area contributed by atoms with Crippen LogP contribution in [-0.4, -0.2) is 40.5 Å². The normalized spacial score (nSPS) is 25.0. The van der Waals surface area contributed by atoms with E-state index in [1.54, 1.807) is 35.3 Å². The Bertz CT molecular complexity index is 1200. The van der Waals surface area contributed by atoms with Crippen molar-refractivity contribution in [1.29, 1.82) is 0 Å². The van der Waals surface area contributed by atoms with Gasteiger partial charge in [0.15, 0.2) is 0 Å². The van der Waals surface area contributed by atoms with E-state index in [-0.39, 0.29) is 24.0 Å². The molecule has 182 valence electrons. The summed E-state index contributed by atoms with van der Waals surface area (Å²) in [4.78, 5) is 4.13. The third kappa shape index (κ3) is 4.91. The molecule has 34 heavy (non-hydrogen) atoms. The molecule has 4 rings (SSSR count). The first-order valence-electron chi connectivity index (χ1n) is 11.4. The van der Waals surface area contributed by atoms with Crippen LogP contribution in [-0.2, 0) is 27.3 Å². The maximum atomic E-state index is 12.9. The maximum Gasteiger partial charge on any atom is 0.296 e. The van der Waals surface area contributed by atoms with Crippen molar-refractivity contribution in [2.75, 3.05) is 6.61 Å². The van der Waals surface area contributed by atoms with E-state index >= 15 is 0 Å². The Kier molecular flexibility index (Phi) is 7.14. The van der Waals surface area contributed by atoms with Crippen molar-refractivity contribution in [1.82, 2.24) is 14.8 Å². The van der Waals surface area contributed by atoms with E-state index < -0.39 is 21.1 Å². The lowest BCUT2D eigenvalue weighted by molar-refractivity contribution is -0.122. The molecule has 3 aromatic rings. The highest BCUT2D eigenvalue weighted by molar-refractivity contribution is 7.86. The molecule has 2 aromatic carbocycles. The van der Waals surface area contributed by atoms with E-state index in [0.717, 1.165) is 17.5 Å². The third-order valence-corrected chi connectivity index (χ3v) is 8.84. The van der Waals surface area contributed by atoms with Gasteiger partial charge in [0.1, 0.15) is 12.7 Å². The van der Waals surface area contributed by atoms with Gasteiger partial charge in [-0.05, 0) is 68.4 Å². The molecule has 1 heterocycles. The van der Waals surface area contributed by atoms with Crippen LogP contribution in [0.5, 0.6) is 0 Å². The molecule has 1 aliphatic rings. The summed E-state index contributed by atoms with van der Waals surface area (Å²) in [5, 5.41) is 17.1. The van der Waals surface area contributed by atoms with Crippen molar-refractivity contribution in [3.63, 3.8) is 0 Å². The fourth-order valence-corrected chi connectivity index (χ4v) is 6.23. The van der Waals surface area contributed by atoms with Crippen LogP contribution >= 0.6 is 11.6 Å². The van der Waals surface area contributed by atoms with Crippen LogP contribution < -0.4 is 0 Å². The highest BCUT2D eigenvalue weighted by atomic mass is 35.5. The first-order chi connectivity index (χ1) is 16.2. The second kappa shape index (κ2) is 9.77. The van der Waals surface area contributed by atoms with Crippen molar-refractivity contribution in [3.8, 4) is 0 Å². The molecule has 3 unspecified atom stereocenters. The highest BCUT2D eigenvalue weighted by Gasteiger charge is 2.59. The largest absolute Gasteiger partial charge is 0.387 e. The van der Waals surface area contributed by atoms with Gasteiger partial charge in [-0.15, -0.1) is 0 Å². The van der Waals surface area contributed by atoms with Gasteiger partial charge < -0.3 is 5.11 Å². The summed E-state index contributed by atoms with van der Waals surface area (Å²) in [5.41, 5.74) is 0.00429. The van der Waals surface area contributed by atoms with Crippen LogP contribution in [0.15, 0.2) is 66.1 Å². The average Bonchev–Trinajstić information content (AvgIpc) is 3.41. The molecular weight excluding hydrogens is 474 g/mol. The van der Waals surface area contributed by atoms with Crippen LogP contribution in [0.25, 0.3) is 0 Å². The molecule has 3 atom stereocenters. The van der Waals surface area contributed by atoms with Crippen molar-refractivity contribution in [2.45, 2.75) is 56.6 Å². The van der Waals surface area contributed by atoms with Gasteiger partial charge in [0.2, 0.25) is 0 Å². The number of benzene rings is 2. The van der Waals surface area contributed by atoms with Crippen molar-refractivity contribution in [2.24, 2.45) is 11.3 Å². The number of aryl methyl sites for hydroxylation is 1. The lowest BCUT2D eigenvalue weighted by Crippen LogP contribution is -2.54. The molecule has 1 N–H and O–H groups in total. The molecule has 7 nitrogen and oxygen atoms in total. The van der Waals surface area contributed by atoms with Gasteiger partial charge in [0, 0.05) is 10.4 Å². The minimum Gasteiger partial charge on any atom is -0.387 e. The Hall–Kier alpha value is -2.26. The molecule has 1 aromatic heterocycles. The van der Waals surface area contributed by atoms with E-state index in [1.165, 1.54) is 6.33 Å². The lowest BCUT2D eigenvalue weighted by atomic mass is 9.69.